The molecule has 0 amide bonds. The van der Waals surface area contributed by atoms with Crippen molar-refractivity contribution in [3.63, 3.8) is 0 Å². The quantitative estimate of drug-likeness (QED) is 0.607. The van der Waals surface area contributed by atoms with E-state index in [1.807, 2.05) is 36.4 Å². The van der Waals surface area contributed by atoms with Gasteiger partial charge in [0.05, 0.1) is 12.8 Å². The molecule has 3 aromatic carbocycles. The van der Waals surface area contributed by atoms with Crippen molar-refractivity contribution in [2.75, 3.05) is 18.6 Å². The molecule has 0 unspecified atom stereocenters. The predicted octanol–water partition coefficient (Wildman–Crippen LogP) is 5.78. The number of hydrogen-bond donors (Lipinski definition) is 1. The van der Waals surface area contributed by atoms with Gasteiger partial charge in [-0.3, -0.25) is 0 Å². The normalized spacial score (nSPS) is 16.4. The van der Waals surface area contributed by atoms with Crippen LogP contribution in [0.25, 0.3) is 0 Å². The van der Waals surface area contributed by atoms with Crippen molar-refractivity contribution in [2.45, 2.75) is 23.1 Å². The summed E-state index contributed by atoms with van der Waals surface area (Å²) in [6.07, 6.45) is 0.834. The first kappa shape index (κ1) is 18.7. The summed E-state index contributed by atoms with van der Waals surface area (Å²) in [6, 6.07) is 20.4. The van der Waals surface area contributed by atoms with Crippen molar-refractivity contribution in [1.82, 2.24) is 0 Å². The van der Waals surface area contributed by atoms with Crippen molar-refractivity contribution >= 4 is 17.4 Å². The maximum absolute atomic E-state index is 14.4. The number of nitrogens with zero attached hydrogens (tertiary/aromatic N) is 1. The van der Waals surface area contributed by atoms with E-state index in [1.54, 1.807) is 37.1 Å². The molecule has 4 rings (SSSR count). The summed E-state index contributed by atoms with van der Waals surface area (Å²) in [5.74, 6) is 0.904. The van der Waals surface area contributed by atoms with E-state index in [4.69, 9.17) is 4.74 Å². The van der Waals surface area contributed by atoms with Crippen LogP contribution in [0.3, 0.4) is 0 Å². The highest BCUT2D eigenvalue weighted by molar-refractivity contribution is 7.99. The number of rotatable bonds is 4. The second kappa shape index (κ2) is 8.15. The van der Waals surface area contributed by atoms with E-state index >= 15 is 0 Å². The molecule has 0 spiro atoms. The van der Waals surface area contributed by atoms with Gasteiger partial charge in [0.15, 0.2) is 0 Å². The highest BCUT2D eigenvalue weighted by Gasteiger charge is 2.25. The van der Waals surface area contributed by atoms with Crippen LogP contribution < -0.4 is 9.64 Å². The second-order valence-electron chi connectivity index (χ2n) is 6.84. The van der Waals surface area contributed by atoms with Crippen LogP contribution in [0.5, 0.6) is 11.5 Å². The fourth-order valence-electron chi connectivity index (χ4n) is 3.52. The number of benzene rings is 3. The van der Waals surface area contributed by atoms with Crippen LogP contribution in [-0.2, 0) is 6.54 Å². The van der Waals surface area contributed by atoms with Crippen LogP contribution in [0, 0.1) is 5.82 Å². The zero-order chi connectivity index (χ0) is 19.5. The largest absolute Gasteiger partial charge is 0.508 e. The fourth-order valence-corrected chi connectivity index (χ4v) is 4.87. The van der Waals surface area contributed by atoms with Crippen molar-refractivity contribution < 1.29 is 14.2 Å². The first-order valence-corrected chi connectivity index (χ1v) is 10.1. The maximum atomic E-state index is 14.4. The lowest BCUT2D eigenvalue weighted by Gasteiger charge is -2.25. The molecule has 3 nitrogen and oxygen atoms in total. The third kappa shape index (κ3) is 3.94. The topological polar surface area (TPSA) is 32.7 Å². The summed E-state index contributed by atoms with van der Waals surface area (Å²) in [6.45, 7) is 1.54. The van der Waals surface area contributed by atoms with E-state index in [0.717, 1.165) is 47.0 Å². The van der Waals surface area contributed by atoms with Gasteiger partial charge in [-0.2, -0.15) is 0 Å². The summed E-state index contributed by atoms with van der Waals surface area (Å²) < 4.78 is 19.9. The third-order valence-electron chi connectivity index (χ3n) is 5.00. The van der Waals surface area contributed by atoms with Crippen molar-refractivity contribution in [1.29, 1.82) is 0 Å². The molecule has 0 saturated heterocycles. The van der Waals surface area contributed by atoms with Gasteiger partial charge in [-0.25, -0.2) is 4.39 Å². The van der Waals surface area contributed by atoms with Gasteiger partial charge in [0.1, 0.15) is 17.3 Å². The third-order valence-corrected chi connectivity index (χ3v) is 6.36. The molecule has 0 aliphatic carbocycles. The number of phenols is 1. The molecule has 28 heavy (non-hydrogen) atoms. The minimum atomic E-state index is -0.156. The number of hydrogen-bond acceptors (Lipinski definition) is 4. The summed E-state index contributed by atoms with van der Waals surface area (Å²) in [4.78, 5) is 3.40. The van der Waals surface area contributed by atoms with E-state index in [9.17, 15) is 9.50 Å². The Bertz CT molecular complexity index is 961. The second-order valence-corrected chi connectivity index (χ2v) is 8.08. The minimum absolute atomic E-state index is 0.0388. The first-order chi connectivity index (χ1) is 13.6. The number of thioether (sulfide) groups is 1. The van der Waals surface area contributed by atoms with E-state index in [0.29, 0.717) is 0 Å². The zero-order valence-corrected chi connectivity index (χ0v) is 16.5. The van der Waals surface area contributed by atoms with Crippen LogP contribution in [0.2, 0.25) is 0 Å². The molecule has 5 heteroatoms. The SMILES string of the molecule is COc1ccc2c(c1)S[C@H](c1ccccc1F)CCN2Cc1ccc(O)cc1. The highest BCUT2D eigenvalue weighted by atomic mass is 32.2. The van der Waals surface area contributed by atoms with Gasteiger partial charge in [-0.15, -0.1) is 11.8 Å². The number of methoxy groups -OCH3 is 1. The molecule has 3 aromatic rings. The Labute approximate surface area is 168 Å². The van der Waals surface area contributed by atoms with Crippen LogP contribution in [0.1, 0.15) is 22.8 Å². The number of aromatic hydroxyl groups is 1. The molecule has 0 bridgehead atoms. The lowest BCUT2D eigenvalue weighted by molar-refractivity contribution is 0.413. The summed E-state index contributed by atoms with van der Waals surface area (Å²) in [5, 5.41) is 9.58. The van der Waals surface area contributed by atoms with E-state index in [-0.39, 0.29) is 16.8 Å². The molecule has 1 N–H and O–H groups in total. The smallest absolute Gasteiger partial charge is 0.127 e. The Kier molecular flexibility index (Phi) is 5.44. The molecule has 144 valence electrons. The average molecular weight is 395 g/mol. The zero-order valence-electron chi connectivity index (χ0n) is 15.6. The summed E-state index contributed by atoms with van der Waals surface area (Å²) >= 11 is 1.69. The van der Waals surface area contributed by atoms with Gasteiger partial charge in [0, 0.05) is 28.8 Å². The molecule has 0 radical (unpaired) electrons. The summed E-state index contributed by atoms with van der Waals surface area (Å²) in [7, 11) is 1.66. The van der Waals surface area contributed by atoms with E-state index in [1.165, 1.54) is 6.07 Å². The molecule has 1 aliphatic heterocycles. The predicted molar refractivity (Wildman–Crippen MR) is 112 cm³/mol. The molecule has 0 aromatic heterocycles. The minimum Gasteiger partial charge on any atom is -0.508 e. The first-order valence-electron chi connectivity index (χ1n) is 9.26. The van der Waals surface area contributed by atoms with Crippen LogP contribution in [0.4, 0.5) is 10.1 Å². The molecule has 0 fully saturated rings. The number of ether oxygens (including phenoxy) is 1. The van der Waals surface area contributed by atoms with Crippen LogP contribution in [-0.4, -0.2) is 18.8 Å². The average Bonchev–Trinajstić information content (AvgIpc) is 2.89. The van der Waals surface area contributed by atoms with E-state index in [2.05, 4.69) is 11.0 Å². The lowest BCUT2D eigenvalue weighted by atomic mass is 10.1. The number of phenolic OH excluding ortho intramolecular Hbond substituents is 1. The molecule has 0 saturated carbocycles. The monoisotopic (exact) mass is 395 g/mol. The lowest BCUT2D eigenvalue weighted by Crippen LogP contribution is -2.24. The molecular formula is C23H22FNO2S. The van der Waals surface area contributed by atoms with Gasteiger partial charge >= 0.3 is 0 Å². The Hall–Kier alpha value is -2.66. The maximum Gasteiger partial charge on any atom is 0.127 e. The van der Waals surface area contributed by atoms with Crippen LogP contribution in [0.15, 0.2) is 71.6 Å². The van der Waals surface area contributed by atoms with Crippen LogP contribution >= 0.6 is 11.8 Å². The molecule has 1 aliphatic rings. The van der Waals surface area contributed by atoms with Crippen molar-refractivity contribution in [2.24, 2.45) is 0 Å². The number of halogens is 1. The standard InChI is InChI=1S/C23H22FNO2S/c1-27-18-10-11-21-23(14-18)28-22(19-4-2-3-5-20(19)24)12-13-25(21)15-16-6-8-17(26)9-7-16/h2-11,14,22,26H,12-13,15H2,1H3/t22-/m0/s1. The van der Waals surface area contributed by atoms with Gasteiger partial charge in [-0.1, -0.05) is 30.3 Å². The number of fused-ring (bicyclic) bond motifs is 1. The van der Waals surface area contributed by atoms with Gasteiger partial charge < -0.3 is 14.7 Å². The number of anilines is 1. The Morgan fingerprint density at radius 1 is 1.11 bits per heavy atom. The van der Waals surface area contributed by atoms with Gasteiger partial charge in [0.2, 0.25) is 0 Å². The van der Waals surface area contributed by atoms with Gasteiger partial charge in [-0.05, 0) is 48.4 Å². The van der Waals surface area contributed by atoms with Gasteiger partial charge in [0.25, 0.3) is 0 Å². The Balaban J connectivity index is 1.68. The van der Waals surface area contributed by atoms with E-state index < -0.39 is 0 Å². The fraction of sp³-hybridized carbons (Fsp3) is 0.217. The molecular weight excluding hydrogens is 373 g/mol. The van der Waals surface area contributed by atoms with Crippen molar-refractivity contribution in [3.8, 4) is 11.5 Å². The molecule has 1 atom stereocenters. The Morgan fingerprint density at radius 2 is 1.89 bits per heavy atom. The van der Waals surface area contributed by atoms with Crippen molar-refractivity contribution in [3.05, 3.63) is 83.7 Å². The molecule has 1 heterocycles. The highest BCUT2D eigenvalue weighted by Crippen LogP contribution is 2.47. The summed E-state index contributed by atoms with van der Waals surface area (Å²) in [5.41, 5.74) is 2.99. The Morgan fingerprint density at radius 3 is 2.64 bits per heavy atom.